The summed E-state index contributed by atoms with van der Waals surface area (Å²) in [7, 11) is 0. The fraction of sp³-hybridized carbons (Fsp3) is 0.143. The predicted molar refractivity (Wildman–Crippen MR) is 73.5 cm³/mol. The standard InChI is InChI=1S/C14H10BrF4NO/c15-9-3-8(7-20)4-11(5-9)21-10-1-2-13(16)12(6-10)14(17,18)19/h1-6H,7,20H2. The first-order chi connectivity index (χ1) is 9.79. The Kier molecular flexibility index (Phi) is 4.53. The van der Waals surface area contributed by atoms with E-state index in [1.54, 1.807) is 18.2 Å². The van der Waals surface area contributed by atoms with Crippen molar-refractivity contribution in [3.05, 3.63) is 57.8 Å². The van der Waals surface area contributed by atoms with E-state index in [0.29, 0.717) is 16.3 Å². The number of hydrogen-bond acceptors (Lipinski definition) is 2. The minimum absolute atomic E-state index is 0.107. The summed E-state index contributed by atoms with van der Waals surface area (Å²) in [5, 5.41) is 0. The first kappa shape index (κ1) is 15.8. The lowest BCUT2D eigenvalue weighted by Crippen LogP contribution is -2.08. The number of benzene rings is 2. The quantitative estimate of drug-likeness (QED) is 0.790. The minimum atomic E-state index is -4.77. The van der Waals surface area contributed by atoms with Crippen LogP contribution in [0.15, 0.2) is 40.9 Å². The van der Waals surface area contributed by atoms with Gasteiger partial charge in [0.05, 0.1) is 5.56 Å². The van der Waals surface area contributed by atoms with E-state index in [-0.39, 0.29) is 12.3 Å². The Balaban J connectivity index is 2.34. The Morgan fingerprint density at radius 3 is 2.38 bits per heavy atom. The maximum absolute atomic E-state index is 13.2. The van der Waals surface area contributed by atoms with E-state index < -0.39 is 17.6 Å². The molecular weight excluding hydrogens is 354 g/mol. The minimum Gasteiger partial charge on any atom is -0.457 e. The molecule has 2 aromatic rings. The van der Waals surface area contributed by atoms with Gasteiger partial charge in [0.1, 0.15) is 17.3 Å². The van der Waals surface area contributed by atoms with Gasteiger partial charge < -0.3 is 10.5 Å². The SMILES string of the molecule is NCc1cc(Br)cc(Oc2ccc(F)c(C(F)(F)F)c2)c1. The zero-order valence-corrected chi connectivity index (χ0v) is 12.1. The van der Waals surface area contributed by atoms with Gasteiger partial charge in [0.2, 0.25) is 0 Å². The number of rotatable bonds is 3. The molecule has 0 atom stereocenters. The van der Waals surface area contributed by atoms with Crippen LogP contribution in [-0.4, -0.2) is 0 Å². The highest BCUT2D eigenvalue weighted by Crippen LogP contribution is 2.35. The Labute approximate surface area is 126 Å². The van der Waals surface area contributed by atoms with Crippen LogP contribution in [-0.2, 0) is 12.7 Å². The van der Waals surface area contributed by atoms with Crippen LogP contribution >= 0.6 is 15.9 Å². The highest BCUT2D eigenvalue weighted by molar-refractivity contribution is 9.10. The zero-order chi connectivity index (χ0) is 15.6. The van der Waals surface area contributed by atoms with Crippen LogP contribution < -0.4 is 10.5 Å². The Hall–Kier alpha value is -1.60. The largest absolute Gasteiger partial charge is 0.457 e. The van der Waals surface area contributed by atoms with Gasteiger partial charge in [-0.3, -0.25) is 0 Å². The van der Waals surface area contributed by atoms with E-state index in [2.05, 4.69) is 15.9 Å². The van der Waals surface area contributed by atoms with Gasteiger partial charge in [-0.2, -0.15) is 13.2 Å². The second-order valence-electron chi connectivity index (χ2n) is 4.24. The fourth-order valence-electron chi connectivity index (χ4n) is 1.72. The summed E-state index contributed by atoms with van der Waals surface area (Å²) < 4.78 is 57.1. The molecule has 0 bridgehead atoms. The van der Waals surface area contributed by atoms with Crippen LogP contribution in [0.2, 0.25) is 0 Å². The van der Waals surface area contributed by atoms with Crippen molar-refractivity contribution in [3.8, 4) is 11.5 Å². The van der Waals surface area contributed by atoms with Crippen molar-refractivity contribution in [2.45, 2.75) is 12.7 Å². The topological polar surface area (TPSA) is 35.2 Å². The molecule has 0 saturated carbocycles. The molecule has 0 aromatic heterocycles. The highest BCUT2D eigenvalue weighted by atomic mass is 79.9. The third-order valence-electron chi connectivity index (χ3n) is 2.65. The lowest BCUT2D eigenvalue weighted by atomic mass is 10.2. The average molecular weight is 364 g/mol. The molecule has 0 spiro atoms. The predicted octanol–water partition coefficient (Wildman–Crippen LogP) is 4.86. The van der Waals surface area contributed by atoms with Gasteiger partial charge in [0.25, 0.3) is 0 Å². The summed E-state index contributed by atoms with van der Waals surface area (Å²) in [6.45, 7) is 0.257. The molecule has 2 nitrogen and oxygen atoms in total. The third-order valence-corrected chi connectivity index (χ3v) is 3.10. The number of nitrogens with two attached hydrogens (primary N) is 1. The molecule has 112 valence electrons. The van der Waals surface area contributed by atoms with E-state index in [0.717, 1.165) is 17.7 Å². The van der Waals surface area contributed by atoms with Crippen LogP contribution in [0.25, 0.3) is 0 Å². The van der Waals surface area contributed by atoms with Crippen LogP contribution in [0.5, 0.6) is 11.5 Å². The van der Waals surface area contributed by atoms with Gasteiger partial charge in [0.15, 0.2) is 0 Å². The highest BCUT2D eigenvalue weighted by Gasteiger charge is 2.34. The van der Waals surface area contributed by atoms with E-state index in [9.17, 15) is 17.6 Å². The molecule has 0 radical (unpaired) electrons. The van der Waals surface area contributed by atoms with Crippen molar-refractivity contribution >= 4 is 15.9 Å². The second-order valence-corrected chi connectivity index (χ2v) is 5.16. The Bertz CT molecular complexity index is 658. The summed E-state index contributed by atoms with van der Waals surface area (Å²) in [6, 6.07) is 7.42. The number of halogens is 5. The van der Waals surface area contributed by atoms with Crippen molar-refractivity contribution in [2.75, 3.05) is 0 Å². The summed E-state index contributed by atoms with van der Waals surface area (Å²) >= 11 is 3.25. The van der Waals surface area contributed by atoms with Gasteiger partial charge in [0, 0.05) is 11.0 Å². The van der Waals surface area contributed by atoms with Gasteiger partial charge in [-0.15, -0.1) is 0 Å². The Morgan fingerprint density at radius 2 is 1.76 bits per heavy atom. The molecule has 0 heterocycles. The van der Waals surface area contributed by atoms with Crippen LogP contribution in [0.4, 0.5) is 17.6 Å². The fourth-order valence-corrected chi connectivity index (χ4v) is 2.24. The molecule has 0 fully saturated rings. The van der Waals surface area contributed by atoms with Crippen LogP contribution in [0.3, 0.4) is 0 Å². The molecule has 0 saturated heterocycles. The second kappa shape index (κ2) is 6.03. The maximum atomic E-state index is 13.2. The molecule has 7 heteroatoms. The summed E-state index contributed by atoms with van der Waals surface area (Å²) in [4.78, 5) is 0. The average Bonchev–Trinajstić information content (AvgIpc) is 2.39. The Morgan fingerprint density at radius 1 is 1.05 bits per heavy atom. The van der Waals surface area contributed by atoms with Gasteiger partial charge in [-0.05, 0) is 42.0 Å². The molecule has 2 rings (SSSR count). The van der Waals surface area contributed by atoms with Crippen molar-refractivity contribution in [3.63, 3.8) is 0 Å². The number of alkyl halides is 3. The monoisotopic (exact) mass is 363 g/mol. The van der Waals surface area contributed by atoms with Gasteiger partial charge in [-0.1, -0.05) is 15.9 Å². The molecule has 0 aliphatic carbocycles. The van der Waals surface area contributed by atoms with E-state index >= 15 is 0 Å². The van der Waals surface area contributed by atoms with Crippen molar-refractivity contribution < 1.29 is 22.3 Å². The van der Waals surface area contributed by atoms with Crippen molar-refractivity contribution in [1.82, 2.24) is 0 Å². The molecule has 0 aliphatic heterocycles. The molecule has 0 unspecified atom stereocenters. The third kappa shape index (κ3) is 3.95. The molecule has 0 aliphatic rings. The van der Waals surface area contributed by atoms with E-state index in [1.807, 2.05) is 0 Å². The number of hydrogen-bond donors (Lipinski definition) is 1. The van der Waals surface area contributed by atoms with Crippen LogP contribution in [0, 0.1) is 5.82 Å². The summed E-state index contributed by atoms with van der Waals surface area (Å²) in [5.41, 5.74) is 4.89. The summed E-state index contributed by atoms with van der Waals surface area (Å²) in [6.07, 6.45) is -4.77. The van der Waals surface area contributed by atoms with Crippen molar-refractivity contribution in [1.29, 1.82) is 0 Å². The van der Waals surface area contributed by atoms with Gasteiger partial charge in [-0.25, -0.2) is 4.39 Å². The lowest BCUT2D eigenvalue weighted by Gasteiger charge is -2.12. The maximum Gasteiger partial charge on any atom is 0.419 e. The first-order valence-electron chi connectivity index (χ1n) is 5.84. The molecule has 0 amide bonds. The van der Waals surface area contributed by atoms with Gasteiger partial charge >= 0.3 is 6.18 Å². The summed E-state index contributed by atoms with van der Waals surface area (Å²) in [5.74, 6) is -1.14. The molecule has 21 heavy (non-hydrogen) atoms. The normalized spacial score (nSPS) is 11.5. The molecule has 2 N–H and O–H groups in total. The van der Waals surface area contributed by atoms with E-state index in [1.165, 1.54) is 0 Å². The van der Waals surface area contributed by atoms with Crippen LogP contribution in [0.1, 0.15) is 11.1 Å². The lowest BCUT2D eigenvalue weighted by molar-refractivity contribution is -0.140. The molecule has 2 aromatic carbocycles. The zero-order valence-electron chi connectivity index (χ0n) is 10.5. The smallest absolute Gasteiger partial charge is 0.419 e. The number of ether oxygens (including phenoxy) is 1. The first-order valence-corrected chi connectivity index (χ1v) is 6.63. The molecular formula is C14H10BrF4NO. The van der Waals surface area contributed by atoms with Crippen molar-refractivity contribution in [2.24, 2.45) is 5.73 Å². The van der Waals surface area contributed by atoms with E-state index in [4.69, 9.17) is 10.5 Å².